The number of aromatic nitrogens is 2. The van der Waals surface area contributed by atoms with Crippen LogP contribution >= 0.6 is 11.6 Å². The number of halogens is 4. The van der Waals surface area contributed by atoms with Crippen molar-refractivity contribution in [1.29, 1.82) is 0 Å². The van der Waals surface area contributed by atoms with Crippen molar-refractivity contribution in [3.05, 3.63) is 40.2 Å². The van der Waals surface area contributed by atoms with Crippen LogP contribution in [-0.4, -0.2) is 20.6 Å². The topological polar surface area (TPSA) is 55.1 Å². The van der Waals surface area contributed by atoms with Crippen LogP contribution in [0.15, 0.2) is 18.2 Å². The Bertz CT molecular complexity index is 855. The Kier molecular flexibility index (Phi) is 5.51. The molecule has 0 amide bonds. The van der Waals surface area contributed by atoms with Crippen molar-refractivity contribution in [2.24, 2.45) is 5.92 Å². The number of rotatable bonds is 4. The maximum Gasteiger partial charge on any atom is 0.416 e. The van der Waals surface area contributed by atoms with Crippen molar-refractivity contribution < 1.29 is 23.1 Å². The minimum absolute atomic E-state index is 0.0953. The molecule has 146 valence electrons. The Balaban J connectivity index is 2.11. The zero-order valence-corrected chi connectivity index (χ0v) is 15.6. The third-order valence-electron chi connectivity index (χ3n) is 5.12. The van der Waals surface area contributed by atoms with E-state index in [0.717, 1.165) is 37.8 Å². The maximum atomic E-state index is 13.1. The van der Waals surface area contributed by atoms with Gasteiger partial charge in [0.2, 0.25) is 0 Å². The lowest BCUT2D eigenvalue weighted by atomic mass is 9.89. The molecule has 1 aromatic heterocycles. The first kappa shape index (κ1) is 19.7. The highest BCUT2D eigenvalue weighted by Gasteiger charge is 2.32. The summed E-state index contributed by atoms with van der Waals surface area (Å²) in [6, 6.07) is 3.02. The Hall–Kier alpha value is -2.02. The Morgan fingerprint density at radius 2 is 1.96 bits per heavy atom. The van der Waals surface area contributed by atoms with Gasteiger partial charge in [0.05, 0.1) is 10.6 Å². The quantitative estimate of drug-likeness (QED) is 0.704. The lowest BCUT2D eigenvalue weighted by Crippen LogP contribution is -2.16. The molecule has 1 aliphatic rings. The second-order valence-corrected chi connectivity index (χ2v) is 7.39. The fourth-order valence-electron chi connectivity index (χ4n) is 3.67. The molecular formula is C19H20ClF3N2O2. The fourth-order valence-corrected chi connectivity index (χ4v) is 3.87. The summed E-state index contributed by atoms with van der Waals surface area (Å²) in [7, 11) is 0. The second kappa shape index (κ2) is 7.54. The summed E-state index contributed by atoms with van der Waals surface area (Å²) in [5, 5.41) is 9.53. The van der Waals surface area contributed by atoms with Crippen LogP contribution in [0.1, 0.15) is 53.8 Å². The Labute approximate surface area is 160 Å². The van der Waals surface area contributed by atoms with E-state index in [9.17, 15) is 23.1 Å². The molecular weight excluding hydrogens is 381 g/mol. The van der Waals surface area contributed by atoms with Gasteiger partial charge in [0.15, 0.2) is 5.69 Å². The van der Waals surface area contributed by atoms with Gasteiger partial charge in [0.25, 0.3) is 0 Å². The summed E-state index contributed by atoms with van der Waals surface area (Å²) < 4.78 is 41.1. The average molecular weight is 401 g/mol. The van der Waals surface area contributed by atoms with Gasteiger partial charge in [0, 0.05) is 17.8 Å². The van der Waals surface area contributed by atoms with Crippen molar-refractivity contribution in [3.63, 3.8) is 0 Å². The number of nitrogens with zero attached hydrogens (tertiary/aromatic N) is 2. The van der Waals surface area contributed by atoms with Crippen LogP contribution < -0.4 is 0 Å². The molecule has 0 atom stereocenters. The standard InChI is InChI=1S/C19H20ClF3N2O2/c1-11-16(18(26)27)24-17(25(11)10-12-5-3-2-4-6-12)14-9-13(19(21,22)23)7-8-15(14)20/h7-9,12H,2-6,10H2,1H3,(H,26,27). The van der Waals surface area contributed by atoms with E-state index < -0.39 is 17.7 Å². The molecule has 1 fully saturated rings. The van der Waals surface area contributed by atoms with Crippen LogP contribution in [0.5, 0.6) is 0 Å². The number of carboxylic acid groups (broad SMARTS) is 1. The highest BCUT2D eigenvalue weighted by molar-refractivity contribution is 6.33. The van der Waals surface area contributed by atoms with Gasteiger partial charge in [-0.2, -0.15) is 13.2 Å². The monoisotopic (exact) mass is 400 g/mol. The number of carbonyl (C=O) groups is 1. The molecule has 0 unspecified atom stereocenters. The highest BCUT2D eigenvalue weighted by Crippen LogP contribution is 2.37. The van der Waals surface area contributed by atoms with Crippen LogP contribution in [0.3, 0.4) is 0 Å². The van der Waals surface area contributed by atoms with E-state index >= 15 is 0 Å². The van der Waals surface area contributed by atoms with Crippen LogP contribution in [0.2, 0.25) is 5.02 Å². The van der Waals surface area contributed by atoms with E-state index in [1.807, 2.05) is 0 Å². The summed E-state index contributed by atoms with van der Waals surface area (Å²) >= 11 is 6.17. The third kappa shape index (κ3) is 4.13. The molecule has 1 heterocycles. The van der Waals surface area contributed by atoms with Gasteiger partial charge in [-0.15, -0.1) is 0 Å². The maximum absolute atomic E-state index is 13.1. The van der Waals surface area contributed by atoms with E-state index in [2.05, 4.69) is 4.98 Å². The number of carboxylic acids is 1. The largest absolute Gasteiger partial charge is 0.476 e. The number of alkyl halides is 3. The molecule has 1 saturated carbocycles. The minimum atomic E-state index is -4.52. The van der Waals surface area contributed by atoms with Gasteiger partial charge in [-0.1, -0.05) is 30.9 Å². The smallest absolute Gasteiger partial charge is 0.416 e. The zero-order chi connectivity index (χ0) is 19.8. The van der Waals surface area contributed by atoms with E-state index in [-0.39, 0.29) is 22.1 Å². The van der Waals surface area contributed by atoms with Crippen molar-refractivity contribution in [2.75, 3.05) is 0 Å². The summed E-state index contributed by atoms with van der Waals surface area (Å²) in [4.78, 5) is 15.7. The molecule has 0 radical (unpaired) electrons. The summed E-state index contributed by atoms with van der Waals surface area (Å²) in [6.07, 6.45) is 0.871. The molecule has 0 aliphatic heterocycles. The van der Waals surface area contributed by atoms with Gasteiger partial charge < -0.3 is 9.67 Å². The predicted octanol–water partition coefficient (Wildman–Crippen LogP) is 5.81. The zero-order valence-electron chi connectivity index (χ0n) is 14.8. The first-order valence-corrected chi connectivity index (χ1v) is 9.24. The molecule has 1 N–H and O–H groups in total. The molecule has 27 heavy (non-hydrogen) atoms. The van der Waals surface area contributed by atoms with Crippen LogP contribution in [0, 0.1) is 12.8 Å². The van der Waals surface area contributed by atoms with Crippen molar-refractivity contribution >= 4 is 17.6 Å². The van der Waals surface area contributed by atoms with Crippen molar-refractivity contribution in [1.82, 2.24) is 9.55 Å². The lowest BCUT2D eigenvalue weighted by Gasteiger charge is -2.24. The number of hydrogen-bond acceptors (Lipinski definition) is 2. The van der Waals surface area contributed by atoms with Gasteiger partial charge in [0.1, 0.15) is 5.82 Å². The van der Waals surface area contributed by atoms with Gasteiger partial charge >= 0.3 is 12.1 Å². The molecule has 0 spiro atoms. The molecule has 1 aliphatic carbocycles. The molecule has 2 aromatic rings. The number of aromatic carboxylic acids is 1. The first-order valence-electron chi connectivity index (χ1n) is 8.86. The molecule has 1 aromatic carbocycles. The van der Waals surface area contributed by atoms with Gasteiger partial charge in [-0.05, 0) is 43.9 Å². The molecule has 4 nitrogen and oxygen atoms in total. The van der Waals surface area contributed by atoms with E-state index in [1.165, 1.54) is 12.5 Å². The normalized spacial score (nSPS) is 15.9. The lowest BCUT2D eigenvalue weighted by molar-refractivity contribution is -0.137. The number of imidazole rings is 1. The third-order valence-corrected chi connectivity index (χ3v) is 5.45. The summed E-state index contributed by atoms with van der Waals surface area (Å²) in [5.74, 6) is -0.692. The minimum Gasteiger partial charge on any atom is -0.476 e. The first-order chi connectivity index (χ1) is 12.7. The predicted molar refractivity (Wildman–Crippen MR) is 95.9 cm³/mol. The number of hydrogen-bond donors (Lipinski definition) is 1. The summed E-state index contributed by atoms with van der Waals surface area (Å²) in [5.41, 5.74) is -0.479. The Morgan fingerprint density at radius 1 is 1.30 bits per heavy atom. The number of benzene rings is 1. The van der Waals surface area contributed by atoms with Crippen molar-refractivity contribution in [3.8, 4) is 11.4 Å². The van der Waals surface area contributed by atoms with Crippen LogP contribution in [0.25, 0.3) is 11.4 Å². The average Bonchev–Trinajstić information content (AvgIpc) is 2.92. The SMILES string of the molecule is Cc1c(C(=O)O)nc(-c2cc(C(F)(F)F)ccc2Cl)n1CC1CCCCC1. The van der Waals surface area contributed by atoms with Crippen LogP contribution in [-0.2, 0) is 12.7 Å². The van der Waals surface area contributed by atoms with E-state index in [4.69, 9.17) is 11.6 Å². The molecule has 3 rings (SSSR count). The van der Waals surface area contributed by atoms with E-state index in [0.29, 0.717) is 18.2 Å². The molecule has 8 heteroatoms. The van der Waals surface area contributed by atoms with Crippen molar-refractivity contribution in [2.45, 2.75) is 51.7 Å². The Morgan fingerprint density at radius 3 is 2.56 bits per heavy atom. The molecule has 0 saturated heterocycles. The summed E-state index contributed by atoms with van der Waals surface area (Å²) in [6.45, 7) is 2.15. The molecule has 0 bridgehead atoms. The van der Waals surface area contributed by atoms with Gasteiger partial charge in [-0.3, -0.25) is 0 Å². The second-order valence-electron chi connectivity index (χ2n) is 6.98. The fraction of sp³-hybridized carbons (Fsp3) is 0.474. The highest BCUT2D eigenvalue weighted by atomic mass is 35.5. The van der Waals surface area contributed by atoms with E-state index in [1.54, 1.807) is 11.5 Å². The van der Waals surface area contributed by atoms with Crippen LogP contribution in [0.4, 0.5) is 13.2 Å². The van der Waals surface area contributed by atoms with Gasteiger partial charge in [-0.25, -0.2) is 9.78 Å².